The number of aliphatic hydroxyl groups is 4. The second-order valence-corrected chi connectivity index (χ2v) is 34.1. The van der Waals surface area contributed by atoms with Gasteiger partial charge in [0.2, 0.25) is 11.7 Å². The Hall–Kier alpha value is -16.5. The maximum atomic E-state index is 13.1. The van der Waals surface area contributed by atoms with Gasteiger partial charge in [-0.3, -0.25) is 48.1 Å². The Kier molecular flexibility index (Phi) is 30.5. The zero-order valence-electron chi connectivity index (χ0n) is 76.6. The smallest absolute Gasteiger partial charge is 0.309 e. The first-order valence-electron chi connectivity index (χ1n) is 43.1. The Bertz CT molecular complexity index is 5860. The molecule has 4 aliphatic rings. The fourth-order valence-corrected chi connectivity index (χ4v) is 13.6. The van der Waals surface area contributed by atoms with Crippen LogP contribution >= 0.6 is 0 Å². The summed E-state index contributed by atoms with van der Waals surface area (Å²) in [5.74, 6) is 22.0. The molecule has 16 rings (SSSR count). The highest BCUT2D eigenvalue weighted by atomic mass is 16.5. The molecule has 4 unspecified atom stereocenters. The first-order chi connectivity index (χ1) is 64.8. The highest BCUT2D eigenvalue weighted by Crippen LogP contribution is 2.36. The number of carbonyl (C=O) groups excluding carboxylic acids is 8. The van der Waals surface area contributed by atoms with Crippen LogP contribution in [0.3, 0.4) is 0 Å². The fourth-order valence-electron chi connectivity index (χ4n) is 13.6. The van der Waals surface area contributed by atoms with Gasteiger partial charge in [-0.2, -0.15) is 5.10 Å². The van der Waals surface area contributed by atoms with Crippen molar-refractivity contribution in [3.05, 3.63) is 298 Å². The number of amides is 8. The first kappa shape index (κ1) is 97.0. The SMILES string of the molecule is CN1C(=O)C(NC(=O)c2cc(Cc3ccccc3)on2)COc2ccc(C#CC(C)(C)O)cc21.CN1C(=O)C(NC(=O)c2ccn(Cc3ccccc3)n2)COc2ccc(C#CC(C)(C)O)cc21.CN1C(=O)C(NC(=O)c2n[nH]c(Cc3ccccc3)n2)COc2ccc(C#CC(C)(C)O)cc21.CN1C(=O)C(NC(=O)c2nnc(Cc3ccccc3)o2)COc2ccc(C#CC(C)(C)O)cc21. The zero-order valence-corrected chi connectivity index (χ0v) is 76.6. The number of ether oxygens (including phenoxy) is 4. The Balaban J connectivity index is 0.000000153. The van der Waals surface area contributed by atoms with Gasteiger partial charge in [-0.1, -0.05) is 174 Å². The Labute approximate surface area is 784 Å². The summed E-state index contributed by atoms with van der Waals surface area (Å²) in [5, 5.41) is 72.7. The van der Waals surface area contributed by atoms with E-state index in [2.05, 4.69) is 104 Å². The lowest BCUT2D eigenvalue weighted by molar-refractivity contribution is -0.121. The van der Waals surface area contributed by atoms with Crippen molar-refractivity contribution in [3.63, 3.8) is 0 Å². The molecule has 8 aromatic carbocycles. The van der Waals surface area contributed by atoms with Gasteiger partial charge >= 0.3 is 11.8 Å². The van der Waals surface area contributed by atoms with Crippen molar-refractivity contribution in [2.75, 3.05) is 74.2 Å². The van der Waals surface area contributed by atoms with Crippen molar-refractivity contribution < 1.29 is 86.7 Å². The highest BCUT2D eigenvalue weighted by Gasteiger charge is 2.37. The van der Waals surface area contributed by atoms with Crippen LogP contribution in [0, 0.1) is 47.4 Å². The molecule has 0 saturated heterocycles. The maximum Gasteiger partial charge on any atom is 0.309 e. The minimum absolute atomic E-state index is 0.0126. The second kappa shape index (κ2) is 42.8. The summed E-state index contributed by atoms with van der Waals surface area (Å²) < 4.78 is 35.7. The zero-order chi connectivity index (χ0) is 97.2. The number of hydrogen-bond donors (Lipinski definition) is 9. The molecule has 0 bridgehead atoms. The fraction of sp³-hybridized carbons (Fsp3) is 0.275. The number of fused-ring (bicyclic) bond motifs is 4. The summed E-state index contributed by atoms with van der Waals surface area (Å²) in [6.07, 6.45) is 3.13. The molecule has 0 aliphatic carbocycles. The number of aromatic nitrogens is 8. The van der Waals surface area contributed by atoms with E-state index in [1.54, 1.807) is 179 Å². The minimum atomic E-state index is -1.14. The third-order valence-electron chi connectivity index (χ3n) is 20.6. The van der Waals surface area contributed by atoms with Crippen LogP contribution in [-0.4, -0.2) is 209 Å². The van der Waals surface area contributed by atoms with E-state index in [1.807, 2.05) is 121 Å². The van der Waals surface area contributed by atoms with Gasteiger partial charge < -0.3 is 89.2 Å². The average molecular weight is 1840 g/mol. The van der Waals surface area contributed by atoms with Crippen molar-refractivity contribution in [3.8, 4) is 70.4 Å². The summed E-state index contributed by atoms with van der Waals surface area (Å²) >= 11 is 0. The number of nitrogens with one attached hydrogen (secondary N) is 5. The summed E-state index contributed by atoms with van der Waals surface area (Å²) in [7, 11) is 6.42. The van der Waals surface area contributed by atoms with Gasteiger partial charge in [0.15, 0.2) is 5.69 Å². The molecule has 34 heteroatoms. The van der Waals surface area contributed by atoms with E-state index >= 15 is 0 Å². The number of aromatic amines is 1. The maximum absolute atomic E-state index is 13.1. The van der Waals surface area contributed by atoms with Gasteiger partial charge in [-0.05, 0) is 157 Å². The Morgan fingerprint density at radius 1 is 0.412 bits per heavy atom. The van der Waals surface area contributed by atoms with Crippen LogP contribution in [0.2, 0.25) is 0 Å². The number of H-pyrrole nitrogens is 1. The summed E-state index contributed by atoms with van der Waals surface area (Å²) in [6, 6.07) is 58.9. The van der Waals surface area contributed by atoms with Crippen LogP contribution in [0.15, 0.2) is 221 Å². The number of likely N-dealkylation sites (N-methyl/N-ethyl adjacent to an activating group) is 4. The van der Waals surface area contributed by atoms with Crippen LogP contribution in [0.1, 0.15) is 160 Å². The minimum Gasteiger partial charge on any atom is -0.489 e. The molecule has 9 N–H and O–H groups in total. The number of benzene rings is 8. The summed E-state index contributed by atoms with van der Waals surface area (Å²) in [5.41, 5.74) is 4.45. The third-order valence-corrected chi connectivity index (χ3v) is 20.6. The molecule has 8 amide bonds. The predicted octanol–water partition coefficient (Wildman–Crippen LogP) is 8.36. The predicted molar refractivity (Wildman–Crippen MR) is 502 cm³/mol. The van der Waals surface area contributed by atoms with Crippen LogP contribution in [0.25, 0.3) is 0 Å². The topological polar surface area (TPSA) is 440 Å². The molecule has 8 heterocycles. The molecule has 0 spiro atoms. The number of hydrogen-bond acceptors (Lipinski definition) is 24. The summed E-state index contributed by atoms with van der Waals surface area (Å²) in [4.78, 5) is 113. The third kappa shape index (κ3) is 26.9. The van der Waals surface area contributed by atoms with E-state index in [9.17, 15) is 58.8 Å². The molecule has 0 radical (unpaired) electrons. The average Bonchev–Trinajstić information content (AvgIpc) is 1.65. The summed E-state index contributed by atoms with van der Waals surface area (Å²) in [6.45, 7) is 13.1. The van der Waals surface area contributed by atoms with Gasteiger partial charge in [-0.25, -0.2) is 4.98 Å². The van der Waals surface area contributed by atoms with Crippen molar-refractivity contribution in [1.82, 2.24) is 61.6 Å². The molecular weight excluding hydrogens is 1740 g/mol. The number of carbonyl (C=O) groups is 8. The van der Waals surface area contributed by atoms with Crippen LogP contribution in [-0.2, 0) is 45.0 Å². The molecule has 0 fully saturated rings. The molecule has 0 saturated carbocycles. The first-order valence-corrected chi connectivity index (χ1v) is 43.1. The second-order valence-electron chi connectivity index (χ2n) is 34.1. The molecule has 696 valence electrons. The largest absolute Gasteiger partial charge is 0.489 e. The quantitative estimate of drug-likeness (QED) is 0.0410. The molecule has 4 aliphatic heterocycles. The molecule has 136 heavy (non-hydrogen) atoms. The molecule has 34 nitrogen and oxygen atoms in total. The van der Waals surface area contributed by atoms with Crippen LogP contribution in [0.5, 0.6) is 23.0 Å². The van der Waals surface area contributed by atoms with Crippen LogP contribution in [0.4, 0.5) is 22.7 Å². The van der Waals surface area contributed by atoms with Gasteiger partial charge in [0.05, 0.1) is 35.7 Å². The number of nitrogens with zero attached hydrogens (tertiary/aromatic N) is 11. The van der Waals surface area contributed by atoms with Crippen LogP contribution < -0.4 is 59.8 Å². The highest BCUT2D eigenvalue weighted by molar-refractivity contribution is 6.06. The van der Waals surface area contributed by atoms with Crippen molar-refractivity contribution >= 4 is 70.0 Å². The van der Waals surface area contributed by atoms with Gasteiger partial charge in [0, 0.05) is 75.5 Å². The van der Waals surface area contributed by atoms with E-state index in [0.717, 1.165) is 22.3 Å². The molecule has 12 aromatic rings. The van der Waals surface area contributed by atoms with E-state index in [-0.39, 0.29) is 73.2 Å². The van der Waals surface area contributed by atoms with Gasteiger partial charge in [-0.15, -0.1) is 15.3 Å². The van der Waals surface area contributed by atoms with E-state index in [1.165, 1.54) is 19.6 Å². The molecular formula is C102H100N16O18. The number of rotatable bonds is 16. The van der Waals surface area contributed by atoms with Crippen molar-refractivity contribution in [1.29, 1.82) is 0 Å². The molecule has 4 atom stereocenters. The number of anilines is 4. The van der Waals surface area contributed by atoms with Crippen molar-refractivity contribution in [2.45, 2.75) is 128 Å². The lowest BCUT2D eigenvalue weighted by Crippen LogP contribution is -2.49. The van der Waals surface area contributed by atoms with Gasteiger partial charge in [0.1, 0.15) is 113 Å². The van der Waals surface area contributed by atoms with Gasteiger partial charge in [0.25, 0.3) is 41.4 Å². The lowest BCUT2D eigenvalue weighted by atomic mass is 10.1. The standard InChI is InChI=1S/C26H26N4O4.C26H25N3O5.C25H25N5O4.C25H24N4O5/c1-26(2,33)13-11-18-9-10-23-22(15-18)29(3)25(32)21(17-34-23)27-24(31)20-12-14-30(28-20)16-19-7-5-4-6-8-19;1-26(2,32)12-11-18-9-10-23-22(14-18)29(3)25(31)21(16-33-23)27-24(30)20-15-19(34-28-20)13-17-7-5-4-6-8-17;1-25(2,33)12-11-17-9-10-20-19(13-17)30(3)24(32)18(15-34-20)26-23(31)22-27-21(28-29-22)14-16-7-5-4-6-8-16;1-25(2,32)12-11-17-9-10-20-19(13-17)29(3)24(31)18(15-33-20)26-22(30)23-28-27-21(34-23)14-16-7-5-4-6-8-16/h4-10,12,14-15,21,33H,16-17H2,1-3H3,(H,27,31);4-10,14-15,21,32H,13,16H2,1-3H3,(H,27,30);4-10,13,18,33H,14-15H2,1-3H3,(H,26,31)(H,27,28,29);4-10,13,18,32H,14-15H2,1-3H3,(H,26,30). The van der Waals surface area contributed by atoms with Crippen molar-refractivity contribution in [2.24, 2.45) is 0 Å². The lowest BCUT2D eigenvalue weighted by Gasteiger charge is -2.20. The van der Waals surface area contributed by atoms with E-state index in [4.69, 9.17) is 27.9 Å². The monoisotopic (exact) mass is 1840 g/mol. The Morgan fingerprint density at radius 3 is 1.14 bits per heavy atom. The van der Waals surface area contributed by atoms with E-state index in [0.29, 0.717) is 111 Å². The van der Waals surface area contributed by atoms with E-state index < -0.39 is 70.2 Å². The normalized spacial score (nSPS) is 15.5. The Morgan fingerprint density at radius 2 is 0.757 bits per heavy atom. The molecule has 4 aromatic heterocycles.